The molecule has 8 heteroatoms. The molecule has 1 saturated carbocycles. The zero-order chi connectivity index (χ0) is 14.7. The molecule has 0 atom stereocenters. The SMILES string of the molecule is CN(C)S(=O)(=O)CCNC1CCC(C(F)(F)F)CC1. The lowest BCUT2D eigenvalue weighted by atomic mass is 9.85. The van der Waals surface area contributed by atoms with Crippen molar-refractivity contribution in [3.8, 4) is 0 Å². The van der Waals surface area contributed by atoms with Gasteiger partial charge in [0.2, 0.25) is 10.0 Å². The maximum absolute atomic E-state index is 12.5. The lowest BCUT2D eigenvalue weighted by Crippen LogP contribution is -2.40. The Labute approximate surface area is 112 Å². The van der Waals surface area contributed by atoms with Crippen LogP contribution in [0.15, 0.2) is 0 Å². The molecule has 0 radical (unpaired) electrons. The number of halogens is 3. The second kappa shape index (κ2) is 6.41. The summed E-state index contributed by atoms with van der Waals surface area (Å²) in [5.74, 6) is -1.23. The van der Waals surface area contributed by atoms with Crippen LogP contribution in [0.25, 0.3) is 0 Å². The minimum atomic E-state index is -4.10. The highest BCUT2D eigenvalue weighted by atomic mass is 32.2. The van der Waals surface area contributed by atoms with E-state index in [1.54, 1.807) is 0 Å². The van der Waals surface area contributed by atoms with E-state index >= 15 is 0 Å². The second-order valence-corrected chi connectivity index (χ2v) is 7.45. The Bertz CT molecular complexity index is 374. The molecule has 114 valence electrons. The van der Waals surface area contributed by atoms with Gasteiger partial charge in [-0.1, -0.05) is 0 Å². The van der Waals surface area contributed by atoms with Crippen LogP contribution < -0.4 is 5.32 Å². The van der Waals surface area contributed by atoms with E-state index in [1.165, 1.54) is 14.1 Å². The predicted octanol–water partition coefficient (Wildman–Crippen LogP) is 1.59. The van der Waals surface area contributed by atoms with Gasteiger partial charge in [-0.05, 0) is 25.7 Å². The molecule has 0 heterocycles. The van der Waals surface area contributed by atoms with Gasteiger partial charge in [0, 0.05) is 26.7 Å². The standard InChI is InChI=1S/C11H21F3N2O2S/c1-16(2)19(17,18)8-7-15-10-5-3-9(4-6-10)11(12,13)14/h9-10,15H,3-8H2,1-2H3. The highest BCUT2D eigenvalue weighted by Crippen LogP contribution is 2.37. The average molecular weight is 302 g/mol. The average Bonchev–Trinajstić information content (AvgIpc) is 2.28. The van der Waals surface area contributed by atoms with Gasteiger partial charge in [0.25, 0.3) is 0 Å². The normalized spacial score (nSPS) is 25.8. The summed E-state index contributed by atoms with van der Waals surface area (Å²) in [5.41, 5.74) is 0. The molecule has 0 aromatic rings. The monoisotopic (exact) mass is 302 g/mol. The zero-order valence-electron chi connectivity index (χ0n) is 11.2. The molecule has 4 nitrogen and oxygen atoms in total. The number of alkyl halides is 3. The Kier molecular flexibility index (Phi) is 5.64. The highest BCUT2D eigenvalue weighted by molar-refractivity contribution is 7.89. The molecule has 0 bridgehead atoms. The van der Waals surface area contributed by atoms with E-state index in [-0.39, 0.29) is 31.2 Å². The van der Waals surface area contributed by atoms with Gasteiger partial charge < -0.3 is 5.32 Å². The molecule has 19 heavy (non-hydrogen) atoms. The van der Waals surface area contributed by atoms with Crippen LogP contribution in [0, 0.1) is 5.92 Å². The van der Waals surface area contributed by atoms with Gasteiger partial charge in [0.15, 0.2) is 0 Å². The van der Waals surface area contributed by atoms with Crippen molar-refractivity contribution in [1.29, 1.82) is 0 Å². The summed E-state index contributed by atoms with van der Waals surface area (Å²) in [6, 6.07) is -0.00374. The fourth-order valence-corrected chi connectivity index (χ4v) is 2.94. The fraction of sp³-hybridized carbons (Fsp3) is 1.00. The quantitative estimate of drug-likeness (QED) is 0.839. The van der Waals surface area contributed by atoms with Gasteiger partial charge in [-0.3, -0.25) is 0 Å². The van der Waals surface area contributed by atoms with E-state index in [9.17, 15) is 21.6 Å². The molecular weight excluding hydrogens is 281 g/mol. The maximum atomic E-state index is 12.5. The van der Waals surface area contributed by atoms with Gasteiger partial charge in [0.1, 0.15) is 0 Å². The first kappa shape index (κ1) is 16.7. The van der Waals surface area contributed by atoms with E-state index < -0.39 is 22.1 Å². The van der Waals surface area contributed by atoms with Gasteiger partial charge in [0.05, 0.1) is 11.7 Å². The summed E-state index contributed by atoms with van der Waals surface area (Å²) in [4.78, 5) is 0. The Morgan fingerprint density at radius 3 is 2.11 bits per heavy atom. The number of nitrogens with one attached hydrogen (secondary N) is 1. The first-order valence-electron chi connectivity index (χ1n) is 6.33. The zero-order valence-corrected chi connectivity index (χ0v) is 12.0. The molecule has 1 fully saturated rings. The van der Waals surface area contributed by atoms with Gasteiger partial charge in [-0.15, -0.1) is 0 Å². The molecule has 1 N–H and O–H groups in total. The first-order chi connectivity index (χ1) is 8.63. The van der Waals surface area contributed by atoms with Crippen LogP contribution in [-0.4, -0.2) is 51.3 Å². The Morgan fingerprint density at radius 1 is 1.16 bits per heavy atom. The number of hydrogen-bond acceptors (Lipinski definition) is 3. The van der Waals surface area contributed by atoms with Crippen molar-refractivity contribution in [1.82, 2.24) is 9.62 Å². The van der Waals surface area contributed by atoms with Crippen LogP contribution >= 0.6 is 0 Å². The molecular formula is C11H21F3N2O2S. The van der Waals surface area contributed by atoms with Crippen molar-refractivity contribution in [3.63, 3.8) is 0 Å². The highest BCUT2D eigenvalue weighted by Gasteiger charge is 2.41. The van der Waals surface area contributed by atoms with E-state index in [1.807, 2.05) is 0 Å². The third-order valence-corrected chi connectivity index (χ3v) is 5.37. The van der Waals surface area contributed by atoms with Crippen LogP contribution in [0.5, 0.6) is 0 Å². The van der Waals surface area contributed by atoms with Crippen LogP contribution in [0.4, 0.5) is 13.2 Å². The van der Waals surface area contributed by atoms with E-state index in [2.05, 4.69) is 5.32 Å². The lowest BCUT2D eigenvalue weighted by molar-refractivity contribution is -0.182. The van der Waals surface area contributed by atoms with Crippen molar-refractivity contribution in [2.24, 2.45) is 5.92 Å². The van der Waals surface area contributed by atoms with E-state index in [0.717, 1.165) is 4.31 Å². The van der Waals surface area contributed by atoms with Crippen molar-refractivity contribution >= 4 is 10.0 Å². The summed E-state index contributed by atoms with van der Waals surface area (Å²) in [6.45, 7) is 0.280. The van der Waals surface area contributed by atoms with Crippen LogP contribution in [0.3, 0.4) is 0 Å². The first-order valence-corrected chi connectivity index (χ1v) is 7.94. The molecule has 0 aliphatic heterocycles. The van der Waals surface area contributed by atoms with E-state index in [0.29, 0.717) is 12.8 Å². The second-order valence-electron chi connectivity index (χ2n) is 5.14. The van der Waals surface area contributed by atoms with Gasteiger partial charge in [-0.25, -0.2) is 12.7 Å². The fourth-order valence-electron chi connectivity index (χ4n) is 2.20. The Morgan fingerprint density at radius 2 is 1.68 bits per heavy atom. The van der Waals surface area contributed by atoms with Crippen LogP contribution in [0.1, 0.15) is 25.7 Å². The Balaban J connectivity index is 2.28. The molecule has 0 amide bonds. The molecule has 0 saturated heterocycles. The minimum absolute atomic E-state index is 0.00374. The number of rotatable bonds is 5. The van der Waals surface area contributed by atoms with Crippen molar-refractivity contribution < 1.29 is 21.6 Å². The third-order valence-electron chi connectivity index (χ3n) is 3.54. The Hall–Kier alpha value is -0.340. The summed E-state index contributed by atoms with van der Waals surface area (Å²) in [6.07, 6.45) is -2.94. The molecule has 0 aromatic heterocycles. The lowest BCUT2D eigenvalue weighted by Gasteiger charge is -2.30. The smallest absolute Gasteiger partial charge is 0.313 e. The number of nitrogens with zero attached hydrogens (tertiary/aromatic N) is 1. The topological polar surface area (TPSA) is 49.4 Å². The maximum Gasteiger partial charge on any atom is 0.391 e. The summed E-state index contributed by atoms with van der Waals surface area (Å²) < 4.78 is 61.5. The van der Waals surface area contributed by atoms with E-state index in [4.69, 9.17) is 0 Å². The summed E-state index contributed by atoms with van der Waals surface area (Å²) in [7, 11) is -0.318. The predicted molar refractivity (Wildman–Crippen MR) is 67.3 cm³/mol. The summed E-state index contributed by atoms with van der Waals surface area (Å²) >= 11 is 0. The molecule has 0 unspecified atom stereocenters. The van der Waals surface area contributed by atoms with Crippen LogP contribution in [-0.2, 0) is 10.0 Å². The third kappa shape index (κ3) is 5.27. The summed E-state index contributed by atoms with van der Waals surface area (Å²) in [5, 5.41) is 3.03. The van der Waals surface area contributed by atoms with Crippen molar-refractivity contribution in [3.05, 3.63) is 0 Å². The molecule has 1 rings (SSSR count). The molecule has 1 aliphatic rings. The molecule has 0 spiro atoms. The minimum Gasteiger partial charge on any atom is -0.313 e. The molecule has 1 aliphatic carbocycles. The number of hydrogen-bond donors (Lipinski definition) is 1. The van der Waals surface area contributed by atoms with Gasteiger partial charge >= 0.3 is 6.18 Å². The number of sulfonamides is 1. The van der Waals surface area contributed by atoms with Crippen molar-refractivity contribution in [2.75, 3.05) is 26.4 Å². The molecule has 0 aromatic carbocycles. The van der Waals surface area contributed by atoms with Crippen LogP contribution in [0.2, 0.25) is 0 Å². The van der Waals surface area contributed by atoms with Crippen molar-refractivity contribution in [2.45, 2.75) is 37.9 Å². The van der Waals surface area contributed by atoms with Gasteiger partial charge in [-0.2, -0.15) is 13.2 Å². The largest absolute Gasteiger partial charge is 0.391 e.